The number of benzene rings is 1. The standard InChI is InChI=1S/C12H14N4O2.2ClH/c1-16(2)11(17)6-13-12(18)8-3-4-9-10(5-8)15-7-14-9;;/h3-5,7H,6H2,1-2H3,(H,13,18)(H,14,15);2*1H. The zero-order chi connectivity index (χ0) is 13.1. The van der Waals surface area contributed by atoms with E-state index in [-0.39, 0.29) is 43.2 Å². The van der Waals surface area contributed by atoms with Gasteiger partial charge >= 0.3 is 0 Å². The number of nitrogens with zero attached hydrogens (tertiary/aromatic N) is 2. The predicted octanol–water partition coefficient (Wildman–Crippen LogP) is 1.22. The number of rotatable bonds is 3. The van der Waals surface area contributed by atoms with Crippen LogP contribution in [0.5, 0.6) is 0 Å². The van der Waals surface area contributed by atoms with Gasteiger partial charge in [-0.05, 0) is 18.2 Å². The molecule has 2 amide bonds. The van der Waals surface area contributed by atoms with Crippen molar-refractivity contribution in [2.24, 2.45) is 0 Å². The summed E-state index contributed by atoms with van der Waals surface area (Å²) in [6.45, 7) is -0.00710. The molecule has 1 heterocycles. The molecule has 1 aromatic heterocycles. The summed E-state index contributed by atoms with van der Waals surface area (Å²) in [4.78, 5) is 31.6. The van der Waals surface area contributed by atoms with Crippen molar-refractivity contribution in [3.63, 3.8) is 0 Å². The van der Waals surface area contributed by atoms with E-state index in [1.54, 1.807) is 38.6 Å². The fourth-order valence-electron chi connectivity index (χ4n) is 1.49. The Morgan fingerprint density at radius 3 is 2.65 bits per heavy atom. The second-order valence-corrected chi connectivity index (χ2v) is 4.11. The Morgan fingerprint density at radius 1 is 1.30 bits per heavy atom. The van der Waals surface area contributed by atoms with E-state index in [1.807, 2.05) is 0 Å². The van der Waals surface area contributed by atoms with E-state index < -0.39 is 0 Å². The average Bonchev–Trinajstić information content (AvgIpc) is 2.82. The predicted molar refractivity (Wildman–Crippen MR) is 81.6 cm³/mol. The molecule has 0 aliphatic carbocycles. The van der Waals surface area contributed by atoms with E-state index in [9.17, 15) is 9.59 Å². The maximum Gasteiger partial charge on any atom is 0.251 e. The quantitative estimate of drug-likeness (QED) is 0.893. The second kappa shape index (κ2) is 7.72. The fraction of sp³-hybridized carbons (Fsp3) is 0.250. The average molecular weight is 319 g/mol. The molecular weight excluding hydrogens is 303 g/mol. The summed E-state index contributed by atoms with van der Waals surface area (Å²) in [5, 5.41) is 2.57. The molecule has 1 aromatic carbocycles. The largest absolute Gasteiger partial charge is 0.347 e. The number of aromatic amines is 1. The minimum absolute atomic E-state index is 0. The van der Waals surface area contributed by atoms with Gasteiger partial charge in [0.05, 0.1) is 23.9 Å². The number of imidazole rings is 1. The number of carbonyl (C=O) groups is 2. The normalized spacial score (nSPS) is 9.30. The van der Waals surface area contributed by atoms with Gasteiger partial charge in [-0.15, -0.1) is 24.8 Å². The summed E-state index contributed by atoms with van der Waals surface area (Å²) in [6, 6.07) is 5.14. The first-order valence-electron chi connectivity index (χ1n) is 5.49. The number of hydrogen-bond donors (Lipinski definition) is 2. The van der Waals surface area contributed by atoms with Crippen LogP contribution in [0.25, 0.3) is 11.0 Å². The van der Waals surface area contributed by atoms with Gasteiger partial charge in [0.2, 0.25) is 5.91 Å². The summed E-state index contributed by atoms with van der Waals surface area (Å²) in [7, 11) is 3.29. The van der Waals surface area contributed by atoms with Gasteiger partial charge in [0, 0.05) is 19.7 Å². The molecule has 0 fully saturated rings. The lowest BCUT2D eigenvalue weighted by atomic mass is 10.2. The Kier molecular flexibility index (Phi) is 7.02. The molecular formula is C12H16Cl2N4O2. The van der Waals surface area contributed by atoms with Crippen molar-refractivity contribution in [1.82, 2.24) is 20.2 Å². The van der Waals surface area contributed by atoms with Crippen molar-refractivity contribution in [2.75, 3.05) is 20.6 Å². The van der Waals surface area contributed by atoms with Crippen molar-refractivity contribution in [3.8, 4) is 0 Å². The lowest BCUT2D eigenvalue weighted by Gasteiger charge is -2.10. The summed E-state index contributed by atoms with van der Waals surface area (Å²) in [5.41, 5.74) is 2.09. The highest BCUT2D eigenvalue weighted by atomic mass is 35.5. The Labute approximate surface area is 128 Å². The first kappa shape index (κ1) is 18.2. The van der Waals surface area contributed by atoms with Gasteiger partial charge in [-0.1, -0.05) is 0 Å². The lowest BCUT2D eigenvalue weighted by molar-refractivity contribution is -0.127. The number of likely N-dealkylation sites (N-methyl/N-ethyl adjacent to an activating group) is 1. The molecule has 2 rings (SSSR count). The molecule has 0 aliphatic rings. The minimum Gasteiger partial charge on any atom is -0.347 e. The van der Waals surface area contributed by atoms with Crippen LogP contribution in [0.2, 0.25) is 0 Å². The maximum absolute atomic E-state index is 11.8. The number of hydrogen-bond acceptors (Lipinski definition) is 3. The third kappa shape index (κ3) is 4.11. The summed E-state index contributed by atoms with van der Waals surface area (Å²) < 4.78 is 0. The Bertz CT molecular complexity index is 598. The summed E-state index contributed by atoms with van der Waals surface area (Å²) in [5.74, 6) is -0.423. The molecule has 0 radical (unpaired) electrons. The Balaban J connectivity index is 0.00000180. The van der Waals surface area contributed by atoms with Gasteiger partial charge in [-0.25, -0.2) is 4.98 Å². The van der Waals surface area contributed by atoms with Gasteiger partial charge < -0.3 is 15.2 Å². The number of H-pyrrole nitrogens is 1. The van der Waals surface area contributed by atoms with Crippen LogP contribution in [0, 0.1) is 0 Å². The molecule has 0 spiro atoms. The van der Waals surface area contributed by atoms with E-state index >= 15 is 0 Å². The Hall–Kier alpha value is -1.79. The number of nitrogens with one attached hydrogen (secondary N) is 2. The lowest BCUT2D eigenvalue weighted by Crippen LogP contribution is -2.36. The smallest absolute Gasteiger partial charge is 0.251 e. The number of amides is 2. The first-order valence-corrected chi connectivity index (χ1v) is 5.49. The zero-order valence-corrected chi connectivity index (χ0v) is 12.7. The molecule has 20 heavy (non-hydrogen) atoms. The van der Waals surface area contributed by atoms with Crippen molar-refractivity contribution >= 4 is 47.7 Å². The van der Waals surface area contributed by atoms with E-state index in [0.29, 0.717) is 5.56 Å². The van der Waals surface area contributed by atoms with Gasteiger partial charge in [0.15, 0.2) is 0 Å². The van der Waals surface area contributed by atoms with Crippen LogP contribution in [-0.4, -0.2) is 47.3 Å². The zero-order valence-electron chi connectivity index (χ0n) is 11.0. The summed E-state index contributed by atoms with van der Waals surface area (Å²) >= 11 is 0. The highest BCUT2D eigenvalue weighted by Gasteiger charge is 2.10. The second-order valence-electron chi connectivity index (χ2n) is 4.11. The van der Waals surface area contributed by atoms with E-state index in [1.165, 1.54) is 4.90 Å². The molecule has 0 saturated heterocycles. The molecule has 8 heteroatoms. The van der Waals surface area contributed by atoms with Crippen molar-refractivity contribution in [1.29, 1.82) is 0 Å². The van der Waals surface area contributed by atoms with Crippen LogP contribution in [0.3, 0.4) is 0 Å². The molecule has 0 unspecified atom stereocenters. The number of fused-ring (bicyclic) bond motifs is 1. The molecule has 0 atom stereocenters. The van der Waals surface area contributed by atoms with Gasteiger partial charge in [-0.3, -0.25) is 9.59 Å². The van der Waals surface area contributed by atoms with Gasteiger partial charge in [0.25, 0.3) is 5.91 Å². The van der Waals surface area contributed by atoms with Crippen LogP contribution in [0.15, 0.2) is 24.5 Å². The van der Waals surface area contributed by atoms with Crippen LogP contribution in [0.1, 0.15) is 10.4 Å². The minimum atomic E-state index is -0.276. The molecule has 0 bridgehead atoms. The number of carbonyl (C=O) groups excluding carboxylic acids is 2. The number of aromatic nitrogens is 2. The molecule has 110 valence electrons. The van der Waals surface area contributed by atoms with Crippen LogP contribution < -0.4 is 5.32 Å². The summed E-state index contributed by atoms with van der Waals surface area (Å²) in [6.07, 6.45) is 1.57. The van der Waals surface area contributed by atoms with Crippen LogP contribution >= 0.6 is 24.8 Å². The van der Waals surface area contributed by atoms with Crippen molar-refractivity contribution in [2.45, 2.75) is 0 Å². The first-order chi connectivity index (χ1) is 8.58. The molecule has 2 N–H and O–H groups in total. The maximum atomic E-state index is 11.8. The highest BCUT2D eigenvalue weighted by molar-refractivity contribution is 5.98. The van der Waals surface area contributed by atoms with Crippen LogP contribution in [0.4, 0.5) is 0 Å². The third-order valence-corrected chi connectivity index (χ3v) is 2.58. The molecule has 0 saturated carbocycles. The topological polar surface area (TPSA) is 78.1 Å². The van der Waals surface area contributed by atoms with Crippen molar-refractivity contribution < 1.29 is 9.59 Å². The fourth-order valence-corrected chi connectivity index (χ4v) is 1.49. The molecule has 0 aliphatic heterocycles. The highest BCUT2D eigenvalue weighted by Crippen LogP contribution is 2.11. The van der Waals surface area contributed by atoms with Gasteiger partial charge in [-0.2, -0.15) is 0 Å². The van der Waals surface area contributed by atoms with Crippen molar-refractivity contribution in [3.05, 3.63) is 30.1 Å². The van der Waals surface area contributed by atoms with E-state index in [0.717, 1.165) is 11.0 Å². The van der Waals surface area contributed by atoms with E-state index in [4.69, 9.17) is 0 Å². The SMILES string of the molecule is CN(C)C(=O)CNC(=O)c1ccc2nc[nH]c2c1.Cl.Cl. The monoisotopic (exact) mass is 318 g/mol. The molecule has 2 aromatic rings. The van der Waals surface area contributed by atoms with E-state index in [2.05, 4.69) is 15.3 Å². The number of halogens is 2. The van der Waals surface area contributed by atoms with Crippen LogP contribution in [-0.2, 0) is 4.79 Å². The molecule has 6 nitrogen and oxygen atoms in total. The third-order valence-electron chi connectivity index (χ3n) is 2.58. The van der Waals surface area contributed by atoms with Gasteiger partial charge in [0.1, 0.15) is 0 Å². The Morgan fingerprint density at radius 2 is 2.00 bits per heavy atom.